The minimum atomic E-state index is -4.32. The molecule has 1 heterocycles. The van der Waals surface area contributed by atoms with Gasteiger partial charge < -0.3 is 11.5 Å². The molecule has 2 rings (SSSR count). The lowest BCUT2D eigenvalue weighted by Crippen LogP contribution is -2.09. The van der Waals surface area contributed by atoms with Crippen LogP contribution in [0.4, 0.5) is 19.0 Å². The first kappa shape index (κ1) is 14.4. The van der Waals surface area contributed by atoms with E-state index in [-0.39, 0.29) is 0 Å². The van der Waals surface area contributed by atoms with Gasteiger partial charge in [0.25, 0.3) is 0 Å². The molecule has 20 heavy (non-hydrogen) atoms. The number of rotatable bonds is 4. The lowest BCUT2D eigenvalue weighted by molar-refractivity contribution is -0.137. The number of hydrogen-bond acceptors (Lipinski definition) is 3. The van der Waals surface area contributed by atoms with Gasteiger partial charge in [-0.25, -0.2) is 4.68 Å². The van der Waals surface area contributed by atoms with Gasteiger partial charge in [0, 0.05) is 5.56 Å². The summed E-state index contributed by atoms with van der Waals surface area (Å²) in [4.78, 5) is 0. The zero-order chi connectivity index (χ0) is 14.8. The molecule has 0 amide bonds. The average molecular weight is 284 g/mol. The van der Waals surface area contributed by atoms with E-state index in [9.17, 15) is 13.2 Å². The maximum atomic E-state index is 12.4. The second-order valence-corrected chi connectivity index (χ2v) is 4.45. The number of aromatic nitrogens is 2. The van der Waals surface area contributed by atoms with Crippen molar-refractivity contribution >= 4 is 5.82 Å². The second kappa shape index (κ2) is 5.54. The zero-order valence-electron chi connectivity index (χ0n) is 10.7. The number of benzene rings is 1. The summed E-state index contributed by atoms with van der Waals surface area (Å²) in [5.74, 6) is 0.496. The summed E-state index contributed by atoms with van der Waals surface area (Å²) in [7, 11) is 0. The minimum absolute atomic E-state index is 0.328. The Morgan fingerprint density at radius 1 is 1.15 bits per heavy atom. The Hall–Kier alpha value is -2.02. The van der Waals surface area contributed by atoms with Gasteiger partial charge in [-0.05, 0) is 30.7 Å². The summed E-state index contributed by atoms with van der Waals surface area (Å²) in [6, 6.07) is 4.95. The van der Waals surface area contributed by atoms with Gasteiger partial charge in [-0.3, -0.25) is 0 Å². The highest BCUT2D eigenvalue weighted by Crippen LogP contribution is 2.29. The molecule has 0 saturated heterocycles. The van der Waals surface area contributed by atoms with Crippen LogP contribution in [0.25, 0.3) is 0 Å². The van der Waals surface area contributed by atoms with Gasteiger partial charge in [0.1, 0.15) is 5.82 Å². The highest BCUT2D eigenvalue weighted by atomic mass is 19.4. The summed E-state index contributed by atoms with van der Waals surface area (Å²) in [5.41, 5.74) is 12.2. The molecule has 2 aromatic rings. The third kappa shape index (κ3) is 3.11. The van der Waals surface area contributed by atoms with Crippen LogP contribution in [0.15, 0.2) is 30.5 Å². The molecular formula is C13H15F3N4. The Bertz CT molecular complexity index is 572. The van der Waals surface area contributed by atoms with E-state index < -0.39 is 11.7 Å². The quantitative estimate of drug-likeness (QED) is 0.902. The normalized spacial score (nSPS) is 11.8. The first-order chi connectivity index (χ1) is 9.41. The van der Waals surface area contributed by atoms with Gasteiger partial charge in [-0.1, -0.05) is 12.1 Å². The van der Waals surface area contributed by atoms with Crippen LogP contribution < -0.4 is 11.5 Å². The molecule has 0 bridgehead atoms. The fourth-order valence-electron chi connectivity index (χ4n) is 1.88. The molecule has 0 spiro atoms. The first-order valence-corrected chi connectivity index (χ1v) is 6.08. The summed E-state index contributed by atoms with van der Waals surface area (Å²) in [5, 5.41) is 4.11. The van der Waals surface area contributed by atoms with Crippen molar-refractivity contribution in [1.29, 1.82) is 0 Å². The number of alkyl halides is 3. The third-order valence-electron chi connectivity index (χ3n) is 2.99. The van der Waals surface area contributed by atoms with Gasteiger partial charge in [-0.2, -0.15) is 18.3 Å². The standard InChI is InChI=1S/C13H15F3N4/c14-13(15,16)11-3-1-9(2-4-11)8-20-12(18)10(5-6-17)7-19-20/h1-4,7H,5-6,8,17-18H2. The van der Waals surface area contributed by atoms with Crippen molar-refractivity contribution in [3.05, 3.63) is 47.2 Å². The molecule has 4 N–H and O–H groups in total. The van der Waals surface area contributed by atoms with E-state index in [0.717, 1.165) is 17.7 Å². The van der Waals surface area contributed by atoms with Crippen molar-refractivity contribution in [2.24, 2.45) is 5.73 Å². The molecule has 0 aliphatic heterocycles. The molecule has 0 atom stereocenters. The van der Waals surface area contributed by atoms with Crippen molar-refractivity contribution in [2.45, 2.75) is 19.1 Å². The molecule has 0 unspecified atom stereocenters. The van der Waals surface area contributed by atoms with E-state index in [4.69, 9.17) is 11.5 Å². The van der Waals surface area contributed by atoms with Gasteiger partial charge >= 0.3 is 6.18 Å². The Kier molecular flexibility index (Phi) is 3.99. The number of nitrogens with zero attached hydrogens (tertiary/aromatic N) is 2. The molecule has 0 aliphatic carbocycles. The van der Waals surface area contributed by atoms with Crippen LogP contribution in [0.2, 0.25) is 0 Å². The average Bonchev–Trinajstić information content (AvgIpc) is 2.72. The Morgan fingerprint density at radius 3 is 2.35 bits per heavy atom. The molecule has 0 aliphatic rings. The van der Waals surface area contributed by atoms with Crippen molar-refractivity contribution in [2.75, 3.05) is 12.3 Å². The lowest BCUT2D eigenvalue weighted by Gasteiger charge is -2.09. The molecule has 4 nitrogen and oxygen atoms in total. The van der Waals surface area contributed by atoms with Crippen LogP contribution >= 0.6 is 0 Å². The molecular weight excluding hydrogens is 269 g/mol. The SMILES string of the molecule is NCCc1cnn(Cc2ccc(C(F)(F)F)cc2)c1N. The summed E-state index contributed by atoms with van der Waals surface area (Å²) >= 11 is 0. The van der Waals surface area contributed by atoms with Crippen molar-refractivity contribution in [3.8, 4) is 0 Å². The van der Waals surface area contributed by atoms with Crippen molar-refractivity contribution in [3.63, 3.8) is 0 Å². The monoisotopic (exact) mass is 284 g/mol. The highest BCUT2D eigenvalue weighted by molar-refractivity contribution is 5.39. The fraction of sp³-hybridized carbons (Fsp3) is 0.308. The molecule has 1 aromatic carbocycles. The minimum Gasteiger partial charge on any atom is -0.384 e. The second-order valence-electron chi connectivity index (χ2n) is 4.45. The van der Waals surface area contributed by atoms with Crippen LogP contribution in [0.3, 0.4) is 0 Å². The first-order valence-electron chi connectivity index (χ1n) is 6.08. The molecule has 0 fully saturated rings. The van der Waals surface area contributed by atoms with Gasteiger partial charge in [0.15, 0.2) is 0 Å². The summed E-state index contributed by atoms with van der Waals surface area (Å²) in [6.45, 7) is 0.796. The molecule has 0 radical (unpaired) electrons. The van der Waals surface area contributed by atoms with Crippen LogP contribution in [-0.2, 0) is 19.1 Å². The Labute approximate surface area is 114 Å². The smallest absolute Gasteiger partial charge is 0.384 e. The van der Waals surface area contributed by atoms with E-state index in [1.54, 1.807) is 10.9 Å². The van der Waals surface area contributed by atoms with E-state index in [0.29, 0.717) is 30.9 Å². The Morgan fingerprint density at radius 2 is 1.80 bits per heavy atom. The zero-order valence-corrected chi connectivity index (χ0v) is 10.7. The van der Waals surface area contributed by atoms with E-state index in [1.807, 2.05) is 0 Å². The van der Waals surface area contributed by atoms with Crippen LogP contribution in [0.5, 0.6) is 0 Å². The van der Waals surface area contributed by atoms with E-state index in [2.05, 4.69) is 5.10 Å². The number of hydrogen-bond donors (Lipinski definition) is 2. The maximum Gasteiger partial charge on any atom is 0.416 e. The predicted octanol–water partition coefficient (Wildman–Crippen LogP) is 2.03. The third-order valence-corrected chi connectivity index (χ3v) is 2.99. The number of anilines is 1. The largest absolute Gasteiger partial charge is 0.416 e. The van der Waals surface area contributed by atoms with Gasteiger partial charge in [0.2, 0.25) is 0 Å². The van der Waals surface area contributed by atoms with E-state index in [1.165, 1.54) is 12.1 Å². The van der Waals surface area contributed by atoms with Crippen LogP contribution in [0.1, 0.15) is 16.7 Å². The summed E-state index contributed by atoms with van der Waals surface area (Å²) in [6.07, 6.45) is -2.07. The topological polar surface area (TPSA) is 69.9 Å². The van der Waals surface area contributed by atoms with Crippen molar-refractivity contribution in [1.82, 2.24) is 9.78 Å². The van der Waals surface area contributed by atoms with Gasteiger partial charge in [0.05, 0.1) is 18.3 Å². The predicted molar refractivity (Wildman–Crippen MR) is 69.9 cm³/mol. The lowest BCUT2D eigenvalue weighted by atomic mass is 10.1. The number of nitrogens with two attached hydrogens (primary N) is 2. The highest BCUT2D eigenvalue weighted by Gasteiger charge is 2.29. The van der Waals surface area contributed by atoms with Crippen molar-refractivity contribution < 1.29 is 13.2 Å². The maximum absolute atomic E-state index is 12.4. The summed E-state index contributed by atoms with van der Waals surface area (Å²) < 4.78 is 38.9. The Balaban J connectivity index is 2.14. The van der Waals surface area contributed by atoms with E-state index >= 15 is 0 Å². The molecule has 1 aromatic heterocycles. The van der Waals surface area contributed by atoms with Gasteiger partial charge in [-0.15, -0.1) is 0 Å². The fourth-order valence-corrected chi connectivity index (χ4v) is 1.88. The van der Waals surface area contributed by atoms with Crippen LogP contribution in [0, 0.1) is 0 Å². The van der Waals surface area contributed by atoms with Crippen LogP contribution in [-0.4, -0.2) is 16.3 Å². The number of halogens is 3. The molecule has 108 valence electrons. The molecule has 7 heteroatoms. The molecule has 0 saturated carbocycles. The number of nitrogen functional groups attached to an aromatic ring is 1.